The first-order valence-electron chi connectivity index (χ1n) is 8.84. The predicted octanol–water partition coefficient (Wildman–Crippen LogP) is 0.711. The Labute approximate surface area is 156 Å². The number of amides is 5. The summed E-state index contributed by atoms with van der Waals surface area (Å²) in [7, 11) is 1.44. The largest absolute Gasteiger partial charge is 0.496 e. The number of ether oxygens (including phenoxy) is 1. The molecule has 1 aliphatic carbocycles. The molecule has 1 saturated carbocycles. The van der Waals surface area contributed by atoms with E-state index in [-0.39, 0.29) is 12.1 Å². The zero-order valence-corrected chi connectivity index (χ0v) is 15.0. The number of hydrogen-bond donors (Lipinski definition) is 3. The first-order valence-corrected chi connectivity index (χ1v) is 8.84. The number of carbonyl (C=O) groups excluding carboxylic acids is 4. The van der Waals surface area contributed by atoms with Gasteiger partial charge < -0.3 is 15.4 Å². The second-order valence-corrected chi connectivity index (χ2v) is 6.63. The summed E-state index contributed by atoms with van der Waals surface area (Å²) in [6.07, 6.45) is 3.85. The molecule has 0 bridgehead atoms. The molecule has 0 aromatic heterocycles. The molecule has 1 saturated heterocycles. The summed E-state index contributed by atoms with van der Waals surface area (Å²) in [5.74, 6) is -1.24. The Morgan fingerprint density at radius 3 is 2.59 bits per heavy atom. The minimum Gasteiger partial charge on any atom is -0.496 e. The van der Waals surface area contributed by atoms with Crippen LogP contribution in [0.5, 0.6) is 5.75 Å². The number of benzene rings is 1. The number of hydrogen-bond acceptors (Lipinski definition) is 5. The van der Waals surface area contributed by atoms with E-state index in [0.29, 0.717) is 23.6 Å². The second-order valence-electron chi connectivity index (χ2n) is 6.63. The summed E-state index contributed by atoms with van der Waals surface area (Å²) in [6.45, 7) is -0.388. The molecule has 1 spiro atoms. The van der Waals surface area contributed by atoms with E-state index >= 15 is 0 Å². The van der Waals surface area contributed by atoms with Crippen LogP contribution in [0.15, 0.2) is 24.3 Å². The monoisotopic (exact) mass is 374 g/mol. The number of hydrazine groups is 1. The molecule has 9 heteroatoms. The number of para-hydroxylation sites is 1. The highest BCUT2D eigenvalue weighted by Crippen LogP contribution is 2.32. The smallest absolute Gasteiger partial charge is 0.344 e. The lowest BCUT2D eigenvalue weighted by molar-refractivity contribution is -0.139. The highest BCUT2D eigenvalue weighted by atomic mass is 16.5. The lowest BCUT2D eigenvalue weighted by atomic mass is 9.82. The third kappa shape index (κ3) is 3.71. The number of methoxy groups -OCH3 is 1. The molecule has 0 unspecified atom stereocenters. The molecule has 144 valence electrons. The average Bonchev–Trinajstić information content (AvgIpc) is 2.90. The molecule has 0 atom stereocenters. The number of carbonyl (C=O) groups is 4. The van der Waals surface area contributed by atoms with Crippen LogP contribution >= 0.6 is 0 Å². The van der Waals surface area contributed by atoms with Gasteiger partial charge in [-0.05, 0) is 25.0 Å². The first-order chi connectivity index (χ1) is 13.0. The standard InChI is InChI=1S/C18H22N4O5/c1-27-13-8-4-3-7-12(13)15(24)19-11-14(23)21-22-16(25)18(20-17(22)26)9-5-2-6-10-18/h3-4,7-8H,2,5-6,9-11H2,1H3,(H,19,24)(H,20,26)(H,21,23). The van der Waals surface area contributed by atoms with Gasteiger partial charge in [-0.25, -0.2) is 4.79 Å². The zero-order chi connectivity index (χ0) is 19.4. The predicted molar refractivity (Wildman–Crippen MR) is 94.7 cm³/mol. The minimum absolute atomic E-state index is 0.281. The molecular formula is C18H22N4O5. The second kappa shape index (κ2) is 7.65. The van der Waals surface area contributed by atoms with Crippen LogP contribution in [0.3, 0.4) is 0 Å². The summed E-state index contributed by atoms with van der Waals surface area (Å²) < 4.78 is 5.11. The van der Waals surface area contributed by atoms with Gasteiger partial charge in [0.25, 0.3) is 17.7 Å². The van der Waals surface area contributed by atoms with Crippen LogP contribution < -0.4 is 20.8 Å². The van der Waals surface area contributed by atoms with Crippen molar-refractivity contribution in [2.45, 2.75) is 37.6 Å². The molecule has 27 heavy (non-hydrogen) atoms. The quantitative estimate of drug-likeness (QED) is 0.657. The number of urea groups is 1. The van der Waals surface area contributed by atoms with Crippen molar-refractivity contribution in [2.24, 2.45) is 0 Å². The van der Waals surface area contributed by atoms with Crippen LogP contribution in [-0.4, -0.2) is 48.0 Å². The molecular weight excluding hydrogens is 352 g/mol. The summed E-state index contributed by atoms with van der Waals surface area (Å²) in [6, 6.07) is 5.95. The minimum atomic E-state index is -0.913. The van der Waals surface area contributed by atoms with Crippen LogP contribution in [0, 0.1) is 0 Å². The van der Waals surface area contributed by atoms with Crippen molar-refractivity contribution in [1.29, 1.82) is 0 Å². The zero-order valence-electron chi connectivity index (χ0n) is 15.0. The molecule has 1 aliphatic heterocycles. The van der Waals surface area contributed by atoms with Gasteiger partial charge in [-0.1, -0.05) is 31.4 Å². The Kier molecular flexibility index (Phi) is 5.29. The summed E-state index contributed by atoms with van der Waals surface area (Å²) in [5.41, 5.74) is 1.64. The van der Waals surface area contributed by atoms with Crippen molar-refractivity contribution in [2.75, 3.05) is 13.7 Å². The lowest BCUT2D eigenvalue weighted by Crippen LogP contribution is -2.52. The third-order valence-electron chi connectivity index (χ3n) is 4.87. The SMILES string of the molecule is COc1ccccc1C(=O)NCC(=O)NN1C(=O)NC2(CCCCC2)C1=O. The molecule has 2 aliphatic rings. The van der Waals surface area contributed by atoms with Gasteiger partial charge in [-0.15, -0.1) is 0 Å². The molecule has 5 amide bonds. The van der Waals surface area contributed by atoms with E-state index in [2.05, 4.69) is 16.1 Å². The van der Waals surface area contributed by atoms with E-state index in [1.54, 1.807) is 24.3 Å². The van der Waals surface area contributed by atoms with Crippen LogP contribution in [0.4, 0.5) is 4.79 Å². The highest BCUT2D eigenvalue weighted by molar-refractivity contribution is 6.08. The van der Waals surface area contributed by atoms with E-state index in [9.17, 15) is 19.2 Å². The fourth-order valence-electron chi connectivity index (χ4n) is 3.47. The fourth-order valence-corrected chi connectivity index (χ4v) is 3.47. The van der Waals surface area contributed by atoms with Crippen molar-refractivity contribution in [3.8, 4) is 5.75 Å². The Balaban J connectivity index is 1.57. The number of imide groups is 1. The van der Waals surface area contributed by atoms with Crippen molar-refractivity contribution < 1.29 is 23.9 Å². The van der Waals surface area contributed by atoms with E-state index in [0.717, 1.165) is 19.3 Å². The molecule has 3 rings (SSSR count). The molecule has 2 fully saturated rings. The molecule has 3 N–H and O–H groups in total. The Morgan fingerprint density at radius 2 is 1.89 bits per heavy atom. The molecule has 1 aromatic carbocycles. The fraction of sp³-hybridized carbons (Fsp3) is 0.444. The Hall–Kier alpha value is -3.10. The van der Waals surface area contributed by atoms with Gasteiger partial charge in [0.05, 0.1) is 19.2 Å². The lowest BCUT2D eigenvalue weighted by Gasteiger charge is -2.30. The van der Waals surface area contributed by atoms with Gasteiger partial charge >= 0.3 is 6.03 Å². The average molecular weight is 374 g/mol. The van der Waals surface area contributed by atoms with Gasteiger partial charge in [0, 0.05) is 0 Å². The van der Waals surface area contributed by atoms with E-state index in [4.69, 9.17) is 4.74 Å². The topological polar surface area (TPSA) is 117 Å². The third-order valence-corrected chi connectivity index (χ3v) is 4.87. The summed E-state index contributed by atoms with van der Waals surface area (Å²) in [4.78, 5) is 49.0. The normalized spacial score (nSPS) is 18.2. The van der Waals surface area contributed by atoms with Crippen LogP contribution in [0.25, 0.3) is 0 Å². The molecule has 0 radical (unpaired) electrons. The summed E-state index contributed by atoms with van der Waals surface area (Å²) in [5, 5.41) is 5.86. The highest BCUT2D eigenvalue weighted by Gasteiger charge is 2.52. The molecule has 1 heterocycles. The number of nitrogens with zero attached hydrogens (tertiary/aromatic N) is 1. The van der Waals surface area contributed by atoms with Gasteiger partial charge in [-0.3, -0.25) is 19.8 Å². The Bertz CT molecular complexity index is 773. The van der Waals surface area contributed by atoms with Crippen molar-refractivity contribution in [1.82, 2.24) is 21.1 Å². The maximum absolute atomic E-state index is 12.6. The van der Waals surface area contributed by atoms with Crippen molar-refractivity contribution in [3.05, 3.63) is 29.8 Å². The number of nitrogens with one attached hydrogen (secondary N) is 3. The van der Waals surface area contributed by atoms with Crippen LogP contribution in [-0.2, 0) is 9.59 Å². The molecule has 9 nitrogen and oxygen atoms in total. The number of rotatable bonds is 5. The maximum Gasteiger partial charge on any atom is 0.344 e. The van der Waals surface area contributed by atoms with Gasteiger partial charge in [0.2, 0.25) is 0 Å². The molecule has 1 aromatic rings. The van der Waals surface area contributed by atoms with E-state index in [1.807, 2.05) is 0 Å². The van der Waals surface area contributed by atoms with Gasteiger partial charge in [-0.2, -0.15) is 5.01 Å². The summed E-state index contributed by atoms with van der Waals surface area (Å²) >= 11 is 0. The van der Waals surface area contributed by atoms with Crippen LogP contribution in [0.1, 0.15) is 42.5 Å². The Morgan fingerprint density at radius 1 is 1.19 bits per heavy atom. The maximum atomic E-state index is 12.6. The first kappa shape index (κ1) is 18.7. The van der Waals surface area contributed by atoms with Crippen molar-refractivity contribution >= 4 is 23.8 Å². The van der Waals surface area contributed by atoms with E-state index < -0.39 is 29.3 Å². The van der Waals surface area contributed by atoms with Gasteiger partial charge in [0.15, 0.2) is 0 Å². The van der Waals surface area contributed by atoms with Gasteiger partial charge in [0.1, 0.15) is 11.3 Å². The van der Waals surface area contributed by atoms with Crippen LogP contribution in [0.2, 0.25) is 0 Å². The van der Waals surface area contributed by atoms with Crippen molar-refractivity contribution in [3.63, 3.8) is 0 Å². The van der Waals surface area contributed by atoms with E-state index in [1.165, 1.54) is 7.11 Å².